The number of carbonyl (C=O) groups excluding carboxylic acids is 1. The zero-order valence-corrected chi connectivity index (χ0v) is 19.2. The molecular formula is C25H30N4O3. The summed E-state index contributed by atoms with van der Waals surface area (Å²) in [5.74, 6) is 2.49. The number of piperidine rings is 1. The molecule has 3 aromatic rings. The van der Waals surface area contributed by atoms with E-state index in [2.05, 4.69) is 32.8 Å². The van der Waals surface area contributed by atoms with Gasteiger partial charge in [-0.25, -0.2) is 9.67 Å². The molecule has 0 bridgehead atoms. The molecule has 2 aromatic heterocycles. The second-order valence-corrected chi connectivity index (χ2v) is 9.49. The average molecular weight is 435 g/mol. The second kappa shape index (κ2) is 8.11. The molecule has 0 spiro atoms. The number of benzene rings is 1. The van der Waals surface area contributed by atoms with Crippen molar-refractivity contribution < 1.29 is 14.3 Å². The fraction of sp³-hybridized carbons (Fsp3) is 0.480. The number of hydrogen-bond donors (Lipinski definition) is 0. The predicted molar refractivity (Wildman–Crippen MR) is 123 cm³/mol. The van der Waals surface area contributed by atoms with E-state index in [1.54, 1.807) is 6.20 Å². The summed E-state index contributed by atoms with van der Waals surface area (Å²) in [6.45, 7) is 11.2. The first-order chi connectivity index (χ1) is 15.4. The van der Waals surface area contributed by atoms with Crippen molar-refractivity contribution in [2.24, 2.45) is 11.8 Å². The number of likely N-dealkylation sites (tertiary alicyclic amines) is 1. The largest absolute Gasteiger partial charge is 0.486 e. The highest BCUT2D eigenvalue weighted by atomic mass is 16.6. The van der Waals surface area contributed by atoms with Crippen LogP contribution in [-0.2, 0) is 0 Å². The second-order valence-electron chi connectivity index (χ2n) is 9.49. The first-order valence-electron chi connectivity index (χ1n) is 11.5. The van der Waals surface area contributed by atoms with Gasteiger partial charge < -0.3 is 14.4 Å². The molecule has 32 heavy (non-hydrogen) atoms. The first-order valence-corrected chi connectivity index (χ1v) is 11.5. The van der Waals surface area contributed by atoms with Gasteiger partial charge in [-0.2, -0.15) is 5.10 Å². The number of carbonyl (C=O) groups is 1. The number of fused-ring (bicyclic) bond motifs is 2. The molecule has 7 nitrogen and oxygen atoms in total. The zero-order valence-electron chi connectivity index (χ0n) is 19.2. The Kier molecular flexibility index (Phi) is 5.27. The molecule has 1 fully saturated rings. The molecule has 1 aromatic carbocycles. The minimum atomic E-state index is 0.0536. The summed E-state index contributed by atoms with van der Waals surface area (Å²) in [5.41, 5.74) is 3.02. The van der Waals surface area contributed by atoms with Gasteiger partial charge in [0.2, 0.25) is 0 Å². The maximum atomic E-state index is 13.7. The SMILES string of the molecule is CC1CC(C)CN(C(=O)c2cc(-c3ccc4c(c3)OCCO4)nc3c2cnn3C(C)C)C1. The Morgan fingerprint density at radius 2 is 1.78 bits per heavy atom. The van der Waals surface area contributed by atoms with Gasteiger partial charge in [0, 0.05) is 24.7 Å². The van der Waals surface area contributed by atoms with E-state index in [1.807, 2.05) is 33.8 Å². The molecule has 7 heteroatoms. The van der Waals surface area contributed by atoms with E-state index < -0.39 is 0 Å². The van der Waals surface area contributed by atoms with Crippen molar-refractivity contribution in [1.29, 1.82) is 0 Å². The number of pyridine rings is 1. The summed E-state index contributed by atoms with van der Waals surface area (Å²) in [6, 6.07) is 7.86. The summed E-state index contributed by atoms with van der Waals surface area (Å²) in [6.07, 6.45) is 2.93. The van der Waals surface area contributed by atoms with Gasteiger partial charge in [-0.1, -0.05) is 13.8 Å². The van der Waals surface area contributed by atoms with Crippen LogP contribution in [0.1, 0.15) is 50.5 Å². The van der Waals surface area contributed by atoms with Crippen LogP contribution in [0, 0.1) is 11.8 Å². The number of aromatic nitrogens is 3. The topological polar surface area (TPSA) is 69.5 Å². The number of rotatable bonds is 3. The molecule has 1 amide bonds. The summed E-state index contributed by atoms with van der Waals surface area (Å²) in [4.78, 5) is 20.6. The molecule has 168 valence electrons. The molecule has 2 unspecified atom stereocenters. The van der Waals surface area contributed by atoms with Gasteiger partial charge in [-0.05, 0) is 56.4 Å². The van der Waals surface area contributed by atoms with Gasteiger partial charge in [-0.15, -0.1) is 0 Å². The number of amides is 1. The van der Waals surface area contributed by atoms with Crippen LogP contribution in [0.2, 0.25) is 0 Å². The molecular weight excluding hydrogens is 404 g/mol. The molecule has 2 aliphatic rings. The average Bonchev–Trinajstić information content (AvgIpc) is 3.21. The Hall–Kier alpha value is -3.09. The summed E-state index contributed by atoms with van der Waals surface area (Å²) in [5, 5.41) is 5.36. The summed E-state index contributed by atoms with van der Waals surface area (Å²) >= 11 is 0. The molecule has 0 saturated carbocycles. The van der Waals surface area contributed by atoms with E-state index in [4.69, 9.17) is 14.5 Å². The van der Waals surface area contributed by atoms with Gasteiger partial charge in [-0.3, -0.25) is 4.79 Å². The molecule has 1 saturated heterocycles. The lowest BCUT2D eigenvalue weighted by Crippen LogP contribution is -2.42. The monoisotopic (exact) mass is 434 g/mol. The lowest BCUT2D eigenvalue weighted by molar-refractivity contribution is 0.0625. The van der Waals surface area contributed by atoms with Crippen molar-refractivity contribution in [3.63, 3.8) is 0 Å². The molecule has 4 heterocycles. The van der Waals surface area contributed by atoms with E-state index >= 15 is 0 Å². The van der Waals surface area contributed by atoms with Crippen LogP contribution in [0.4, 0.5) is 0 Å². The highest BCUT2D eigenvalue weighted by Crippen LogP contribution is 2.36. The minimum absolute atomic E-state index is 0.0536. The Morgan fingerprint density at radius 3 is 2.50 bits per heavy atom. The zero-order chi connectivity index (χ0) is 22.4. The van der Waals surface area contributed by atoms with Crippen LogP contribution < -0.4 is 9.47 Å². The van der Waals surface area contributed by atoms with Gasteiger partial charge >= 0.3 is 0 Å². The quantitative estimate of drug-likeness (QED) is 0.604. The molecule has 2 aliphatic heterocycles. The van der Waals surface area contributed by atoms with Crippen LogP contribution in [0.3, 0.4) is 0 Å². The third-order valence-electron chi connectivity index (χ3n) is 6.28. The lowest BCUT2D eigenvalue weighted by atomic mass is 9.91. The minimum Gasteiger partial charge on any atom is -0.486 e. The van der Waals surface area contributed by atoms with Crippen LogP contribution >= 0.6 is 0 Å². The van der Waals surface area contributed by atoms with Crippen molar-refractivity contribution >= 4 is 16.9 Å². The molecule has 0 radical (unpaired) electrons. The van der Waals surface area contributed by atoms with E-state index in [1.165, 1.54) is 0 Å². The number of hydrogen-bond acceptors (Lipinski definition) is 5. The molecule has 0 N–H and O–H groups in total. The van der Waals surface area contributed by atoms with Gasteiger partial charge in [0.1, 0.15) is 13.2 Å². The summed E-state index contributed by atoms with van der Waals surface area (Å²) < 4.78 is 13.3. The van der Waals surface area contributed by atoms with E-state index in [0.29, 0.717) is 36.4 Å². The standard InChI is InChI=1S/C25H30N4O3/c1-15(2)29-24-20(12-26-29)19(25(30)28-13-16(3)9-17(4)14-28)11-21(27-24)18-5-6-22-23(10-18)32-8-7-31-22/h5-6,10-12,15-17H,7-9,13-14H2,1-4H3. The van der Waals surface area contributed by atoms with Crippen molar-refractivity contribution in [3.8, 4) is 22.8 Å². The van der Waals surface area contributed by atoms with Crippen LogP contribution in [-0.4, -0.2) is 51.9 Å². The van der Waals surface area contributed by atoms with Crippen LogP contribution in [0.25, 0.3) is 22.3 Å². The van der Waals surface area contributed by atoms with Crippen molar-refractivity contribution in [1.82, 2.24) is 19.7 Å². The molecule has 5 rings (SSSR count). The first kappa shape index (κ1) is 20.8. The van der Waals surface area contributed by atoms with Gasteiger partial charge in [0.05, 0.1) is 22.8 Å². The third-order valence-corrected chi connectivity index (χ3v) is 6.28. The van der Waals surface area contributed by atoms with E-state index in [-0.39, 0.29) is 11.9 Å². The molecule has 0 aliphatic carbocycles. The highest BCUT2D eigenvalue weighted by molar-refractivity contribution is 6.06. The lowest BCUT2D eigenvalue weighted by Gasteiger charge is -2.35. The van der Waals surface area contributed by atoms with E-state index in [9.17, 15) is 4.79 Å². The summed E-state index contributed by atoms with van der Waals surface area (Å²) in [7, 11) is 0. The number of nitrogens with zero attached hydrogens (tertiary/aromatic N) is 4. The predicted octanol–water partition coefficient (Wildman–Crippen LogP) is 4.57. The van der Waals surface area contributed by atoms with E-state index in [0.717, 1.165) is 47.6 Å². The Bertz CT molecular complexity index is 1160. The van der Waals surface area contributed by atoms with Crippen molar-refractivity contribution in [2.45, 2.75) is 40.2 Å². The fourth-order valence-electron chi connectivity index (χ4n) is 4.92. The Morgan fingerprint density at radius 1 is 1.06 bits per heavy atom. The maximum absolute atomic E-state index is 13.7. The molecule has 2 atom stereocenters. The third kappa shape index (κ3) is 3.70. The highest BCUT2D eigenvalue weighted by Gasteiger charge is 2.28. The smallest absolute Gasteiger partial charge is 0.254 e. The Balaban J connectivity index is 1.63. The van der Waals surface area contributed by atoms with Gasteiger partial charge in [0.25, 0.3) is 5.91 Å². The van der Waals surface area contributed by atoms with Crippen LogP contribution in [0.5, 0.6) is 11.5 Å². The Labute approximate surface area is 188 Å². The van der Waals surface area contributed by atoms with Gasteiger partial charge in [0.15, 0.2) is 17.1 Å². The maximum Gasteiger partial charge on any atom is 0.254 e. The fourth-order valence-corrected chi connectivity index (χ4v) is 4.92. The van der Waals surface area contributed by atoms with Crippen molar-refractivity contribution in [2.75, 3.05) is 26.3 Å². The number of ether oxygens (including phenoxy) is 2. The normalized spacial score (nSPS) is 20.7. The van der Waals surface area contributed by atoms with Crippen molar-refractivity contribution in [3.05, 3.63) is 36.0 Å². The van der Waals surface area contributed by atoms with Crippen LogP contribution in [0.15, 0.2) is 30.5 Å².